The molecule has 2 aromatic carbocycles. The number of rotatable bonds is 7. The maximum Gasteiger partial charge on any atom is 0.573 e. The standard InChI is InChI=1S/C22H14Cl2F4N2O6/c1-33-19-15(4-3-14(18(19)25)36-22(26,27)28)35-16-8-10(23)7-12(24)17(16)20(31)30-11-5-6-29-13(9-11)21(32)34-2/h3-9H,1-2H3,(H,29,30,31)/i1D3. The summed E-state index contributed by atoms with van der Waals surface area (Å²) < 4.78 is 92.7. The average Bonchev–Trinajstić information content (AvgIpc) is 2.81. The minimum atomic E-state index is -5.31. The molecule has 14 heteroatoms. The fourth-order valence-corrected chi connectivity index (χ4v) is 3.35. The SMILES string of the molecule is [2H]C([2H])([2H])Oc1c(Oc2cc(Cl)cc(Cl)c2C(=O)Nc2ccnc(C(=O)OC)c2)ccc(OC(F)(F)F)c1F. The molecular weight excluding hydrogens is 535 g/mol. The predicted octanol–water partition coefficient (Wildman–Crippen LogP) is 6.27. The number of hydrogen-bond acceptors (Lipinski definition) is 7. The van der Waals surface area contributed by atoms with E-state index < -0.39 is 59.7 Å². The van der Waals surface area contributed by atoms with E-state index in [2.05, 4.69) is 24.5 Å². The molecule has 36 heavy (non-hydrogen) atoms. The van der Waals surface area contributed by atoms with Gasteiger partial charge in [0.2, 0.25) is 11.6 Å². The Morgan fingerprint density at radius 2 is 1.81 bits per heavy atom. The van der Waals surface area contributed by atoms with Gasteiger partial charge in [0, 0.05) is 23.0 Å². The number of aromatic nitrogens is 1. The Hall–Kier alpha value is -3.77. The molecule has 190 valence electrons. The molecule has 1 N–H and O–H groups in total. The molecule has 0 bridgehead atoms. The van der Waals surface area contributed by atoms with Gasteiger partial charge in [-0.1, -0.05) is 23.2 Å². The first-order chi connectivity index (χ1) is 18.1. The number of ether oxygens (including phenoxy) is 4. The van der Waals surface area contributed by atoms with Gasteiger partial charge < -0.3 is 24.3 Å². The van der Waals surface area contributed by atoms with Crippen LogP contribution in [0.25, 0.3) is 0 Å². The lowest BCUT2D eigenvalue weighted by Crippen LogP contribution is -2.18. The topological polar surface area (TPSA) is 96.0 Å². The van der Waals surface area contributed by atoms with Crippen molar-refractivity contribution >= 4 is 40.8 Å². The van der Waals surface area contributed by atoms with E-state index in [0.717, 1.165) is 19.2 Å². The number of alkyl halides is 3. The van der Waals surface area contributed by atoms with Crippen molar-refractivity contribution in [3.8, 4) is 23.0 Å². The number of halogens is 6. The van der Waals surface area contributed by atoms with Crippen molar-refractivity contribution in [1.29, 1.82) is 0 Å². The summed E-state index contributed by atoms with van der Waals surface area (Å²) in [6.07, 6.45) is -4.11. The molecule has 1 aromatic heterocycles. The highest BCUT2D eigenvalue weighted by atomic mass is 35.5. The molecule has 3 aromatic rings. The van der Waals surface area contributed by atoms with Crippen molar-refractivity contribution in [3.05, 3.63) is 69.7 Å². The zero-order valence-corrected chi connectivity index (χ0v) is 19.2. The van der Waals surface area contributed by atoms with Crippen molar-refractivity contribution in [2.24, 2.45) is 0 Å². The molecule has 0 unspecified atom stereocenters. The third-order valence-corrected chi connectivity index (χ3v) is 4.75. The maximum absolute atomic E-state index is 14.9. The predicted molar refractivity (Wildman–Crippen MR) is 120 cm³/mol. The summed E-state index contributed by atoms with van der Waals surface area (Å²) in [5, 5.41) is 2.06. The third kappa shape index (κ3) is 6.26. The van der Waals surface area contributed by atoms with Gasteiger partial charge in [0.15, 0.2) is 11.5 Å². The van der Waals surface area contributed by atoms with Crippen LogP contribution in [0.1, 0.15) is 25.0 Å². The van der Waals surface area contributed by atoms with Crippen molar-refractivity contribution < 1.29 is 50.2 Å². The lowest BCUT2D eigenvalue weighted by molar-refractivity contribution is -0.275. The Labute approximate surface area is 214 Å². The molecule has 3 rings (SSSR count). The van der Waals surface area contributed by atoms with Gasteiger partial charge in [-0.15, -0.1) is 13.2 Å². The van der Waals surface area contributed by atoms with Gasteiger partial charge >= 0.3 is 12.3 Å². The number of nitrogens with one attached hydrogen (secondary N) is 1. The Morgan fingerprint density at radius 1 is 1.08 bits per heavy atom. The fraction of sp³-hybridized carbons (Fsp3) is 0.136. The summed E-state index contributed by atoms with van der Waals surface area (Å²) in [6.45, 7) is 0. The van der Waals surface area contributed by atoms with Gasteiger partial charge in [-0.3, -0.25) is 4.79 Å². The molecule has 1 heterocycles. The van der Waals surface area contributed by atoms with Crippen LogP contribution >= 0.6 is 23.2 Å². The van der Waals surface area contributed by atoms with Crippen molar-refractivity contribution in [3.63, 3.8) is 0 Å². The molecule has 0 spiro atoms. The number of pyridine rings is 1. The van der Waals surface area contributed by atoms with E-state index in [-0.39, 0.29) is 21.4 Å². The van der Waals surface area contributed by atoms with Gasteiger partial charge in [0.05, 0.1) is 23.3 Å². The summed E-state index contributed by atoms with van der Waals surface area (Å²) in [5.41, 5.74) is -0.482. The van der Waals surface area contributed by atoms with Crippen LogP contribution in [0.5, 0.6) is 23.0 Å². The van der Waals surface area contributed by atoms with E-state index in [1.54, 1.807) is 0 Å². The molecule has 0 saturated carbocycles. The van der Waals surface area contributed by atoms with E-state index in [1.807, 2.05) is 0 Å². The Morgan fingerprint density at radius 3 is 2.47 bits per heavy atom. The molecule has 0 atom stereocenters. The Bertz CT molecular complexity index is 1420. The Balaban J connectivity index is 2.05. The molecule has 8 nitrogen and oxygen atoms in total. The number of anilines is 1. The summed E-state index contributed by atoms with van der Waals surface area (Å²) >= 11 is 12.2. The second kappa shape index (κ2) is 10.9. The van der Waals surface area contributed by atoms with Crippen LogP contribution < -0.4 is 19.5 Å². The first-order valence-corrected chi connectivity index (χ1v) is 10.1. The van der Waals surface area contributed by atoms with Gasteiger partial charge in [-0.05, 0) is 30.3 Å². The minimum absolute atomic E-state index is 0.0680. The summed E-state index contributed by atoms with van der Waals surface area (Å²) in [6, 6.07) is 5.93. The minimum Gasteiger partial charge on any atom is -0.490 e. The smallest absolute Gasteiger partial charge is 0.490 e. The highest BCUT2D eigenvalue weighted by molar-refractivity contribution is 6.37. The highest BCUT2D eigenvalue weighted by Crippen LogP contribution is 2.42. The number of benzene rings is 2. The summed E-state index contributed by atoms with van der Waals surface area (Å²) in [5.74, 6) is -7.50. The largest absolute Gasteiger partial charge is 0.573 e. The van der Waals surface area contributed by atoms with Crippen LogP contribution in [0.3, 0.4) is 0 Å². The molecule has 1 amide bonds. The van der Waals surface area contributed by atoms with Crippen molar-refractivity contribution in [2.45, 2.75) is 6.36 Å². The van der Waals surface area contributed by atoms with Crippen molar-refractivity contribution in [1.82, 2.24) is 4.98 Å². The van der Waals surface area contributed by atoms with Gasteiger partial charge in [-0.2, -0.15) is 4.39 Å². The molecular formula is C22H14Cl2F4N2O6. The second-order valence-corrected chi connectivity index (χ2v) is 7.44. The van der Waals surface area contributed by atoms with Crippen LogP contribution in [-0.4, -0.2) is 37.4 Å². The second-order valence-electron chi connectivity index (χ2n) is 6.59. The number of hydrogen-bond donors (Lipinski definition) is 1. The number of nitrogens with zero attached hydrogens (tertiary/aromatic N) is 1. The van der Waals surface area contributed by atoms with Crippen molar-refractivity contribution in [2.75, 3.05) is 19.5 Å². The van der Waals surface area contributed by atoms with E-state index in [0.29, 0.717) is 12.1 Å². The highest BCUT2D eigenvalue weighted by Gasteiger charge is 2.34. The summed E-state index contributed by atoms with van der Waals surface area (Å²) in [7, 11) is -2.21. The van der Waals surface area contributed by atoms with Crippen LogP contribution in [0, 0.1) is 5.82 Å². The normalized spacial score (nSPS) is 12.6. The van der Waals surface area contributed by atoms with E-state index in [4.69, 9.17) is 32.1 Å². The van der Waals surface area contributed by atoms with Crippen LogP contribution in [0.15, 0.2) is 42.6 Å². The monoisotopic (exact) mass is 551 g/mol. The Kier molecular flexibility index (Phi) is 6.85. The first kappa shape index (κ1) is 22.7. The molecule has 0 aliphatic carbocycles. The summed E-state index contributed by atoms with van der Waals surface area (Å²) in [4.78, 5) is 28.6. The number of carbonyl (C=O) groups excluding carboxylic acids is 2. The number of methoxy groups -OCH3 is 2. The van der Waals surface area contributed by atoms with E-state index in [9.17, 15) is 27.2 Å². The molecule has 0 aliphatic heterocycles. The zero-order valence-electron chi connectivity index (χ0n) is 20.7. The molecule has 0 aliphatic rings. The lowest BCUT2D eigenvalue weighted by Gasteiger charge is -2.17. The van der Waals surface area contributed by atoms with Gasteiger partial charge in [0.25, 0.3) is 5.91 Å². The molecule has 0 saturated heterocycles. The van der Waals surface area contributed by atoms with Gasteiger partial charge in [-0.25, -0.2) is 9.78 Å². The van der Waals surface area contributed by atoms with Gasteiger partial charge in [0.1, 0.15) is 17.0 Å². The molecule has 0 radical (unpaired) electrons. The first-order valence-electron chi connectivity index (χ1n) is 10.9. The van der Waals surface area contributed by atoms with Crippen LogP contribution in [0.2, 0.25) is 10.0 Å². The van der Waals surface area contributed by atoms with Crippen LogP contribution in [0.4, 0.5) is 23.2 Å². The lowest BCUT2D eigenvalue weighted by atomic mass is 10.1. The quantitative estimate of drug-likeness (QED) is 0.273. The zero-order chi connectivity index (χ0) is 29.1. The van der Waals surface area contributed by atoms with E-state index in [1.165, 1.54) is 18.3 Å². The number of esters is 1. The maximum atomic E-state index is 14.9. The number of carbonyl (C=O) groups is 2. The van der Waals surface area contributed by atoms with Crippen LogP contribution in [-0.2, 0) is 4.74 Å². The average molecular weight is 552 g/mol. The fourth-order valence-electron chi connectivity index (χ4n) is 2.79. The van der Waals surface area contributed by atoms with E-state index >= 15 is 0 Å². The molecule has 0 fully saturated rings. The number of amides is 1. The third-order valence-electron chi connectivity index (χ3n) is 4.23.